The van der Waals surface area contributed by atoms with Gasteiger partial charge in [0.05, 0.1) is 0 Å². The largest absolute Gasteiger partial charge is 0.383 e. The van der Waals surface area contributed by atoms with Gasteiger partial charge in [0, 0.05) is 12.6 Å². The Balaban J connectivity index is 1.89. The SMILES string of the molecule is Nc1cc(NCCc2ccsc2)nc(N)n1. The first-order valence-electron chi connectivity index (χ1n) is 4.89. The molecular weight excluding hydrogens is 222 g/mol. The lowest BCUT2D eigenvalue weighted by Crippen LogP contribution is -2.08. The zero-order valence-electron chi connectivity index (χ0n) is 8.68. The molecule has 5 N–H and O–H groups in total. The Morgan fingerprint density at radius 3 is 2.88 bits per heavy atom. The molecule has 16 heavy (non-hydrogen) atoms. The molecule has 0 unspecified atom stereocenters. The summed E-state index contributed by atoms with van der Waals surface area (Å²) in [6.07, 6.45) is 0.952. The monoisotopic (exact) mass is 235 g/mol. The van der Waals surface area contributed by atoms with Gasteiger partial charge in [-0.05, 0) is 28.8 Å². The number of anilines is 3. The zero-order chi connectivity index (χ0) is 11.4. The Kier molecular flexibility index (Phi) is 3.21. The van der Waals surface area contributed by atoms with Crippen LogP contribution in [0.15, 0.2) is 22.9 Å². The standard InChI is InChI=1S/C10H13N5S/c11-8-5-9(15-10(12)14-8)13-3-1-7-2-4-16-6-7/h2,4-6H,1,3H2,(H5,11,12,13,14,15). The van der Waals surface area contributed by atoms with Gasteiger partial charge >= 0.3 is 0 Å². The second-order valence-electron chi connectivity index (χ2n) is 3.34. The number of nitrogens with one attached hydrogen (secondary N) is 1. The highest BCUT2D eigenvalue weighted by Crippen LogP contribution is 2.10. The topological polar surface area (TPSA) is 89.8 Å². The maximum absolute atomic E-state index is 5.56. The molecule has 0 aliphatic rings. The first-order valence-corrected chi connectivity index (χ1v) is 5.83. The van der Waals surface area contributed by atoms with Gasteiger partial charge < -0.3 is 16.8 Å². The molecule has 84 valence electrons. The van der Waals surface area contributed by atoms with Crippen LogP contribution in [-0.4, -0.2) is 16.5 Å². The maximum Gasteiger partial charge on any atom is 0.223 e. The second kappa shape index (κ2) is 4.80. The predicted molar refractivity (Wildman–Crippen MR) is 67.4 cm³/mol. The molecule has 0 radical (unpaired) electrons. The number of nitrogen functional groups attached to an aromatic ring is 2. The van der Waals surface area contributed by atoms with Crippen molar-refractivity contribution in [2.45, 2.75) is 6.42 Å². The third kappa shape index (κ3) is 2.83. The van der Waals surface area contributed by atoms with Crippen LogP contribution in [0.1, 0.15) is 5.56 Å². The van der Waals surface area contributed by atoms with Gasteiger partial charge in [-0.2, -0.15) is 21.3 Å². The van der Waals surface area contributed by atoms with Crippen molar-refractivity contribution in [2.24, 2.45) is 0 Å². The Bertz CT molecular complexity index is 434. The molecule has 0 fully saturated rings. The molecule has 2 heterocycles. The van der Waals surface area contributed by atoms with Crippen molar-refractivity contribution in [3.8, 4) is 0 Å². The van der Waals surface area contributed by atoms with Crippen LogP contribution < -0.4 is 16.8 Å². The van der Waals surface area contributed by atoms with E-state index in [1.165, 1.54) is 5.56 Å². The summed E-state index contributed by atoms with van der Waals surface area (Å²) in [5.41, 5.74) is 12.4. The van der Waals surface area contributed by atoms with Gasteiger partial charge in [-0.25, -0.2) is 0 Å². The van der Waals surface area contributed by atoms with E-state index in [4.69, 9.17) is 11.5 Å². The number of nitrogens with two attached hydrogens (primary N) is 2. The molecule has 0 atom stereocenters. The van der Waals surface area contributed by atoms with E-state index >= 15 is 0 Å². The second-order valence-corrected chi connectivity index (χ2v) is 4.12. The molecule has 5 nitrogen and oxygen atoms in total. The Hall–Kier alpha value is -1.82. The predicted octanol–water partition coefficient (Wildman–Crippen LogP) is 1.36. The summed E-state index contributed by atoms with van der Waals surface area (Å²) in [6.45, 7) is 0.798. The average Bonchev–Trinajstić information content (AvgIpc) is 2.69. The van der Waals surface area contributed by atoms with Crippen LogP contribution >= 0.6 is 11.3 Å². The van der Waals surface area contributed by atoms with Crippen LogP contribution in [0.2, 0.25) is 0 Å². The highest BCUT2D eigenvalue weighted by atomic mass is 32.1. The van der Waals surface area contributed by atoms with E-state index in [1.54, 1.807) is 17.4 Å². The van der Waals surface area contributed by atoms with E-state index in [9.17, 15) is 0 Å². The van der Waals surface area contributed by atoms with Gasteiger partial charge in [-0.15, -0.1) is 0 Å². The van der Waals surface area contributed by atoms with Crippen LogP contribution in [-0.2, 0) is 6.42 Å². The summed E-state index contributed by atoms with van der Waals surface area (Å²) in [6, 6.07) is 3.78. The first-order chi connectivity index (χ1) is 7.74. The lowest BCUT2D eigenvalue weighted by atomic mass is 10.2. The fraction of sp³-hybridized carbons (Fsp3) is 0.200. The van der Waals surface area contributed by atoms with Gasteiger partial charge in [-0.1, -0.05) is 0 Å². The highest BCUT2D eigenvalue weighted by Gasteiger charge is 1.99. The summed E-state index contributed by atoms with van der Waals surface area (Å²) >= 11 is 1.70. The Labute approximate surface area is 97.5 Å². The maximum atomic E-state index is 5.56. The van der Waals surface area contributed by atoms with E-state index in [-0.39, 0.29) is 5.95 Å². The van der Waals surface area contributed by atoms with Crippen LogP contribution in [0.4, 0.5) is 17.6 Å². The molecule has 0 saturated heterocycles. The summed E-state index contributed by atoms with van der Waals surface area (Å²) in [5.74, 6) is 1.24. The van der Waals surface area contributed by atoms with E-state index < -0.39 is 0 Å². The van der Waals surface area contributed by atoms with E-state index in [2.05, 4.69) is 32.1 Å². The van der Waals surface area contributed by atoms with Crippen molar-refractivity contribution in [1.82, 2.24) is 9.97 Å². The lowest BCUT2D eigenvalue weighted by Gasteiger charge is -2.05. The first kappa shape index (κ1) is 10.7. The summed E-state index contributed by atoms with van der Waals surface area (Å²) < 4.78 is 0. The Morgan fingerprint density at radius 1 is 1.31 bits per heavy atom. The molecule has 0 saturated carbocycles. The van der Waals surface area contributed by atoms with E-state index in [0.717, 1.165) is 13.0 Å². The molecule has 2 rings (SSSR count). The third-order valence-corrected chi connectivity index (χ3v) is 2.80. The van der Waals surface area contributed by atoms with Crippen molar-refractivity contribution in [3.63, 3.8) is 0 Å². The molecule has 0 spiro atoms. The molecule has 6 heteroatoms. The van der Waals surface area contributed by atoms with Crippen LogP contribution in [0, 0.1) is 0 Å². The minimum absolute atomic E-state index is 0.193. The molecule has 0 aliphatic carbocycles. The van der Waals surface area contributed by atoms with Crippen LogP contribution in [0.5, 0.6) is 0 Å². The molecule has 0 bridgehead atoms. The van der Waals surface area contributed by atoms with Gasteiger partial charge in [0.1, 0.15) is 11.6 Å². The fourth-order valence-electron chi connectivity index (χ4n) is 1.35. The fourth-order valence-corrected chi connectivity index (χ4v) is 2.05. The van der Waals surface area contributed by atoms with Crippen molar-refractivity contribution in [2.75, 3.05) is 23.3 Å². The molecule has 2 aromatic heterocycles. The highest BCUT2D eigenvalue weighted by molar-refractivity contribution is 7.07. The zero-order valence-corrected chi connectivity index (χ0v) is 9.50. The van der Waals surface area contributed by atoms with Crippen LogP contribution in [0.3, 0.4) is 0 Å². The molecule has 0 aliphatic heterocycles. The summed E-state index contributed by atoms with van der Waals surface area (Å²) in [4.78, 5) is 7.83. The average molecular weight is 235 g/mol. The third-order valence-electron chi connectivity index (χ3n) is 2.06. The molecule has 0 amide bonds. The van der Waals surface area contributed by atoms with Gasteiger partial charge in [0.15, 0.2) is 0 Å². The summed E-state index contributed by atoms with van der Waals surface area (Å²) in [7, 11) is 0. The number of thiophene rings is 1. The van der Waals surface area contributed by atoms with Gasteiger partial charge in [0.2, 0.25) is 5.95 Å². The molecule has 0 aromatic carbocycles. The van der Waals surface area contributed by atoms with Gasteiger partial charge in [0.25, 0.3) is 0 Å². The normalized spacial score (nSPS) is 10.2. The number of aromatic nitrogens is 2. The molecule has 2 aromatic rings. The van der Waals surface area contributed by atoms with Crippen molar-refractivity contribution in [3.05, 3.63) is 28.5 Å². The Morgan fingerprint density at radius 2 is 2.19 bits per heavy atom. The quantitative estimate of drug-likeness (QED) is 0.744. The van der Waals surface area contributed by atoms with Crippen molar-refractivity contribution < 1.29 is 0 Å². The van der Waals surface area contributed by atoms with Gasteiger partial charge in [-0.3, -0.25) is 0 Å². The minimum Gasteiger partial charge on any atom is -0.383 e. The smallest absolute Gasteiger partial charge is 0.223 e. The number of nitrogens with zero attached hydrogens (tertiary/aromatic N) is 2. The van der Waals surface area contributed by atoms with E-state index in [1.807, 2.05) is 0 Å². The summed E-state index contributed by atoms with van der Waals surface area (Å²) in [5, 5.41) is 7.35. The molecular formula is C10H13N5S. The lowest BCUT2D eigenvalue weighted by molar-refractivity contribution is 1.01. The number of hydrogen-bond donors (Lipinski definition) is 3. The van der Waals surface area contributed by atoms with Crippen molar-refractivity contribution >= 4 is 28.9 Å². The van der Waals surface area contributed by atoms with Crippen molar-refractivity contribution in [1.29, 1.82) is 0 Å². The number of hydrogen-bond acceptors (Lipinski definition) is 6. The van der Waals surface area contributed by atoms with Crippen LogP contribution in [0.25, 0.3) is 0 Å². The number of rotatable bonds is 4. The van der Waals surface area contributed by atoms with E-state index in [0.29, 0.717) is 11.6 Å². The minimum atomic E-state index is 0.193.